The lowest BCUT2D eigenvalue weighted by Crippen LogP contribution is -2.01. The Morgan fingerprint density at radius 2 is 1.10 bits per heavy atom. The monoisotopic (exact) mass is 310 g/mol. The topological polar surface area (TPSA) is 27.7 Å². The van der Waals surface area contributed by atoms with Crippen LogP contribution in [0.3, 0.4) is 0 Å². The second-order valence-corrected chi connectivity index (χ2v) is 3.95. The molecule has 0 fully saturated rings. The van der Waals surface area contributed by atoms with Gasteiger partial charge < -0.3 is 14.2 Å². The van der Waals surface area contributed by atoms with Crippen molar-refractivity contribution in [3.63, 3.8) is 0 Å². The molecule has 0 saturated carbocycles. The molecular formula is C14H18F4O3. The molecule has 120 valence electrons. The summed E-state index contributed by atoms with van der Waals surface area (Å²) < 4.78 is 64.9. The van der Waals surface area contributed by atoms with Gasteiger partial charge in [0.25, 0.3) is 0 Å². The van der Waals surface area contributed by atoms with Gasteiger partial charge in [-0.05, 0) is 26.0 Å². The van der Waals surface area contributed by atoms with Crippen LogP contribution in [0.4, 0.5) is 17.6 Å². The summed E-state index contributed by atoms with van der Waals surface area (Å²) in [6.07, 6.45) is -1.11. The Balaban J connectivity index is 5.14. The van der Waals surface area contributed by atoms with Crippen LogP contribution >= 0.6 is 0 Å². The van der Waals surface area contributed by atoms with Gasteiger partial charge in [0.15, 0.2) is 11.5 Å². The highest BCUT2D eigenvalue weighted by Gasteiger charge is 2.12. The van der Waals surface area contributed by atoms with Gasteiger partial charge in [-0.1, -0.05) is 12.2 Å². The summed E-state index contributed by atoms with van der Waals surface area (Å²) in [5.41, 5.74) is 0. The molecule has 0 aliphatic heterocycles. The minimum absolute atomic E-state index is 0.463. The molecule has 0 aliphatic rings. The molecule has 0 rings (SSSR count). The molecule has 0 saturated heterocycles. The maximum absolute atomic E-state index is 12.7. The van der Waals surface area contributed by atoms with Gasteiger partial charge in [-0.2, -0.15) is 17.6 Å². The lowest BCUT2D eigenvalue weighted by Gasteiger charge is -2.08. The van der Waals surface area contributed by atoms with Crippen LogP contribution in [-0.2, 0) is 14.2 Å². The van der Waals surface area contributed by atoms with Gasteiger partial charge in [-0.25, -0.2) is 0 Å². The molecule has 0 bridgehead atoms. The zero-order valence-corrected chi connectivity index (χ0v) is 12.2. The fourth-order valence-electron chi connectivity index (χ4n) is 0.993. The average molecular weight is 310 g/mol. The van der Waals surface area contributed by atoms with E-state index in [4.69, 9.17) is 9.47 Å². The molecule has 0 amide bonds. The molecule has 0 spiro atoms. The van der Waals surface area contributed by atoms with Crippen molar-refractivity contribution in [2.24, 2.45) is 0 Å². The molecular weight excluding hydrogens is 292 g/mol. The lowest BCUT2D eigenvalue weighted by molar-refractivity contribution is 0.155. The van der Waals surface area contributed by atoms with Crippen LogP contribution in [0.25, 0.3) is 0 Å². The molecule has 3 nitrogen and oxygen atoms in total. The number of allylic oxidation sites excluding steroid dienone is 2. The van der Waals surface area contributed by atoms with E-state index in [0.29, 0.717) is 0 Å². The first-order valence-corrected chi connectivity index (χ1v) is 6.02. The first-order chi connectivity index (χ1) is 9.81. The highest BCUT2D eigenvalue weighted by molar-refractivity contribution is 5.22. The van der Waals surface area contributed by atoms with E-state index in [1.807, 2.05) is 0 Å². The maximum Gasteiger partial charge on any atom is 0.312 e. The molecule has 0 radical (unpaired) electrons. The minimum Gasteiger partial charge on any atom is -0.446 e. The summed E-state index contributed by atoms with van der Waals surface area (Å²) in [5, 5.41) is 0. The largest absolute Gasteiger partial charge is 0.446 e. The van der Waals surface area contributed by atoms with Gasteiger partial charge in [0, 0.05) is 14.2 Å². The number of ether oxygens (including phenoxy) is 3. The van der Waals surface area contributed by atoms with E-state index in [-0.39, 0.29) is 0 Å². The Morgan fingerprint density at radius 3 is 1.33 bits per heavy atom. The van der Waals surface area contributed by atoms with Gasteiger partial charge in [-0.3, -0.25) is 0 Å². The number of halogens is 4. The van der Waals surface area contributed by atoms with Crippen molar-refractivity contribution >= 4 is 0 Å². The highest BCUT2D eigenvalue weighted by atomic mass is 19.3. The van der Waals surface area contributed by atoms with Crippen LogP contribution in [0.2, 0.25) is 0 Å². The third-order valence-electron chi connectivity index (χ3n) is 2.37. The normalized spacial score (nSPS) is 14.3. The van der Waals surface area contributed by atoms with Crippen LogP contribution in [-0.4, -0.2) is 26.4 Å². The van der Waals surface area contributed by atoms with E-state index in [0.717, 1.165) is 12.2 Å². The van der Waals surface area contributed by atoms with E-state index in [1.54, 1.807) is 13.8 Å². The Kier molecular flexibility index (Phi) is 9.40. The Hall–Kier alpha value is -1.60. The smallest absolute Gasteiger partial charge is 0.312 e. The van der Waals surface area contributed by atoms with Crippen LogP contribution in [0.5, 0.6) is 0 Å². The van der Waals surface area contributed by atoms with Gasteiger partial charge in [0.05, 0.1) is 12.2 Å². The molecule has 7 heteroatoms. The van der Waals surface area contributed by atoms with Crippen molar-refractivity contribution in [3.8, 4) is 0 Å². The molecule has 0 heterocycles. The van der Waals surface area contributed by atoms with Crippen molar-refractivity contribution in [2.75, 3.05) is 14.2 Å². The summed E-state index contributed by atoms with van der Waals surface area (Å²) in [7, 11) is 2.76. The molecule has 21 heavy (non-hydrogen) atoms. The van der Waals surface area contributed by atoms with Crippen molar-refractivity contribution < 1.29 is 31.8 Å². The summed E-state index contributed by atoms with van der Waals surface area (Å²) in [4.78, 5) is 0. The maximum atomic E-state index is 12.7. The molecule has 0 aromatic rings. The first-order valence-electron chi connectivity index (χ1n) is 6.02. The Morgan fingerprint density at radius 1 is 0.762 bits per heavy atom. The van der Waals surface area contributed by atoms with E-state index in [9.17, 15) is 17.6 Å². The summed E-state index contributed by atoms with van der Waals surface area (Å²) >= 11 is 0. The second kappa shape index (κ2) is 10.2. The second-order valence-electron chi connectivity index (χ2n) is 3.95. The molecule has 0 aliphatic carbocycles. The zero-order valence-electron chi connectivity index (χ0n) is 12.2. The number of hydrogen-bond donors (Lipinski definition) is 0. The van der Waals surface area contributed by atoms with Gasteiger partial charge >= 0.3 is 12.2 Å². The van der Waals surface area contributed by atoms with Gasteiger partial charge in [0.1, 0.15) is 0 Å². The highest BCUT2D eigenvalue weighted by Crippen LogP contribution is 2.20. The SMILES string of the molecule is COC(C)C=CC(OC(C=CC(C)OC)=C(F)F)=C(F)F. The standard InChI is InChI=1S/C14H18F4O3/c1-9(19-3)5-7-11(13(15)16)21-12(14(17)18)8-6-10(2)20-4/h5-10H,1-4H3. The van der Waals surface area contributed by atoms with Gasteiger partial charge in [0.2, 0.25) is 0 Å². The van der Waals surface area contributed by atoms with E-state index in [1.165, 1.54) is 26.4 Å². The summed E-state index contributed by atoms with van der Waals surface area (Å²) in [5.74, 6) is -1.95. The molecule has 0 N–H and O–H groups in total. The predicted molar refractivity (Wildman–Crippen MR) is 70.8 cm³/mol. The fourth-order valence-corrected chi connectivity index (χ4v) is 0.993. The summed E-state index contributed by atoms with van der Waals surface area (Å²) in [6, 6.07) is 0. The Labute approximate surface area is 121 Å². The molecule has 0 aromatic carbocycles. The van der Waals surface area contributed by atoms with Crippen molar-refractivity contribution in [1.29, 1.82) is 0 Å². The van der Waals surface area contributed by atoms with E-state index >= 15 is 0 Å². The van der Waals surface area contributed by atoms with E-state index < -0.39 is 35.9 Å². The van der Waals surface area contributed by atoms with E-state index in [2.05, 4.69) is 4.74 Å². The fraction of sp³-hybridized carbons (Fsp3) is 0.429. The Bertz CT molecular complexity index is 394. The first kappa shape index (κ1) is 19.4. The van der Waals surface area contributed by atoms with Crippen LogP contribution in [0, 0.1) is 0 Å². The van der Waals surface area contributed by atoms with Crippen molar-refractivity contribution in [1.82, 2.24) is 0 Å². The van der Waals surface area contributed by atoms with Crippen LogP contribution < -0.4 is 0 Å². The molecule has 2 unspecified atom stereocenters. The van der Waals surface area contributed by atoms with Crippen molar-refractivity contribution in [2.45, 2.75) is 26.1 Å². The zero-order chi connectivity index (χ0) is 16.4. The molecule has 2 atom stereocenters. The lowest BCUT2D eigenvalue weighted by atomic mass is 10.3. The summed E-state index contributed by atoms with van der Waals surface area (Å²) in [6.45, 7) is 3.19. The number of hydrogen-bond acceptors (Lipinski definition) is 3. The van der Waals surface area contributed by atoms with Crippen LogP contribution in [0.1, 0.15) is 13.8 Å². The van der Waals surface area contributed by atoms with Gasteiger partial charge in [-0.15, -0.1) is 0 Å². The third kappa shape index (κ3) is 8.31. The predicted octanol–water partition coefficient (Wildman–Crippen LogP) is 4.40. The van der Waals surface area contributed by atoms with Crippen LogP contribution in [0.15, 0.2) is 48.0 Å². The average Bonchev–Trinajstić information content (AvgIpc) is 2.44. The van der Waals surface area contributed by atoms with Crippen molar-refractivity contribution in [3.05, 3.63) is 48.0 Å². The number of rotatable bonds is 8. The number of methoxy groups -OCH3 is 2. The quantitative estimate of drug-likeness (QED) is 0.378. The minimum atomic E-state index is -2.22. The third-order valence-corrected chi connectivity index (χ3v) is 2.37. The molecule has 0 aromatic heterocycles.